The largest absolute Gasteiger partial charge is 0.508 e. The predicted molar refractivity (Wildman–Crippen MR) is 57.5 cm³/mol. The fourth-order valence-electron chi connectivity index (χ4n) is 1.65. The zero-order chi connectivity index (χ0) is 10.1. The van der Waals surface area contributed by atoms with Gasteiger partial charge in [0.25, 0.3) is 0 Å². The van der Waals surface area contributed by atoms with E-state index in [-0.39, 0.29) is 0 Å². The summed E-state index contributed by atoms with van der Waals surface area (Å²) >= 11 is 1.57. The van der Waals surface area contributed by atoms with E-state index in [0.29, 0.717) is 12.2 Å². The minimum atomic E-state index is 0.292. The Morgan fingerprint density at radius 3 is 3.00 bits per heavy atom. The van der Waals surface area contributed by atoms with Crippen molar-refractivity contribution in [3.05, 3.63) is 28.6 Å². The van der Waals surface area contributed by atoms with Crippen molar-refractivity contribution in [3.8, 4) is 11.8 Å². The zero-order valence-electron chi connectivity index (χ0n) is 7.74. The van der Waals surface area contributed by atoms with E-state index in [9.17, 15) is 5.11 Å². The second-order valence-electron chi connectivity index (χ2n) is 3.23. The number of fused-ring (bicyclic) bond motifs is 1. The quantitative estimate of drug-likeness (QED) is 0.774. The maximum absolute atomic E-state index is 9.39. The molecule has 2 aromatic rings. The normalized spacial score (nSPS) is 10.3. The summed E-state index contributed by atoms with van der Waals surface area (Å²) < 4.78 is 1.05. The highest BCUT2D eigenvalue weighted by Gasteiger charge is 2.07. The number of thiophene rings is 1. The van der Waals surface area contributed by atoms with E-state index < -0.39 is 0 Å². The highest BCUT2D eigenvalue weighted by Crippen LogP contribution is 2.32. The number of nitriles is 1. The SMILES string of the molecule is Cc1cc(O)cc2scc(CC#N)c12. The summed E-state index contributed by atoms with van der Waals surface area (Å²) in [4.78, 5) is 0. The number of aryl methyl sites for hydroxylation is 1. The Morgan fingerprint density at radius 1 is 1.50 bits per heavy atom. The van der Waals surface area contributed by atoms with Crippen LogP contribution < -0.4 is 0 Å². The van der Waals surface area contributed by atoms with E-state index in [1.54, 1.807) is 23.5 Å². The molecule has 14 heavy (non-hydrogen) atoms. The molecule has 0 atom stereocenters. The van der Waals surface area contributed by atoms with Crippen molar-refractivity contribution in [2.24, 2.45) is 0 Å². The third kappa shape index (κ3) is 1.34. The van der Waals surface area contributed by atoms with Crippen LogP contribution in [0.25, 0.3) is 10.1 Å². The molecule has 0 saturated carbocycles. The van der Waals surface area contributed by atoms with Gasteiger partial charge in [0.15, 0.2) is 0 Å². The molecule has 0 saturated heterocycles. The summed E-state index contributed by atoms with van der Waals surface area (Å²) in [6.07, 6.45) is 0.436. The molecule has 0 radical (unpaired) electrons. The summed E-state index contributed by atoms with van der Waals surface area (Å²) in [5.74, 6) is 0.292. The van der Waals surface area contributed by atoms with Gasteiger partial charge in [-0.3, -0.25) is 0 Å². The molecule has 0 unspecified atom stereocenters. The van der Waals surface area contributed by atoms with E-state index in [0.717, 1.165) is 21.2 Å². The first-order valence-corrected chi connectivity index (χ1v) is 5.17. The standard InChI is InChI=1S/C11H9NOS/c1-7-4-9(13)5-10-11(7)8(2-3-12)6-14-10/h4-6,13H,2H2,1H3. The molecule has 1 heterocycles. The van der Waals surface area contributed by atoms with Crippen LogP contribution in [0.2, 0.25) is 0 Å². The molecule has 2 nitrogen and oxygen atoms in total. The average Bonchev–Trinajstić information content (AvgIpc) is 2.49. The minimum Gasteiger partial charge on any atom is -0.508 e. The molecular formula is C11H9NOS. The van der Waals surface area contributed by atoms with Crippen LogP contribution in [0.4, 0.5) is 0 Å². The number of rotatable bonds is 1. The Hall–Kier alpha value is -1.53. The first-order chi connectivity index (χ1) is 6.72. The van der Waals surface area contributed by atoms with Gasteiger partial charge in [0.05, 0.1) is 12.5 Å². The van der Waals surface area contributed by atoms with Crippen LogP contribution in [0.3, 0.4) is 0 Å². The number of aromatic hydroxyl groups is 1. The summed E-state index contributed by atoms with van der Waals surface area (Å²) in [6, 6.07) is 5.62. The van der Waals surface area contributed by atoms with E-state index in [4.69, 9.17) is 5.26 Å². The van der Waals surface area contributed by atoms with E-state index >= 15 is 0 Å². The van der Waals surface area contributed by atoms with Crippen molar-refractivity contribution in [1.29, 1.82) is 5.26 Å². The summed E-state index contributed by atoms with van der Waals surface area (Å²) in [6.45, 7) is 1.95. The second-order valence-corrected chi connectivity index (χ2v) is 4.14. The van der Waals surface area contributed by atoms with E-state index in [1.807, 2.05) is 12.3 Å². The van der Waals surface area contributed by atoms with Crippen molar-refractivity contribution in [1.82, 2.24) is 0 Å². The molecular weight excluding hydrogens is 194 g/mol. The number of hydrogen-bond acceptors (Lipinski definition) is 3. The van der Waals surface area contributed by atoms with Crippen LogP contribution in [0.15, 0.2) is 17.5 Å². The zero-order valence-corrected chi connectivity index (χ0v) is 8.56. The number of phenolic OH excluding ortho intramolecular Hbond substituents is 1. The molecule has 2 rings (SSSR count). The van der Waals surface area contributed by atoms with Crippen molar-refractivity contribution in [2.45, 2.75) is 13.3 Å². The predicted octanol–water partition coefficient (Wildman–Crippen LogP) is 2.98. The van der Waals surface area contributed by atoms with Crippen LogP contribution in [0.5, 0.6) is 5.75 Å². The molecule has 1 aromatic heterocycles. The molecule has 0 bridgehead atoms. The maximum Gasteiger partial charge on any atom is 0.117 e. The Morgan fingerprint density at radius 2 is 2.29 bits per heavy atom. The van der Waals surface area contributed by atoms with Crippen molar-refractivity contribution in [2.75, 3.05) is 0 Å². The summed E-state index contributed by atoms with van der Waals surface area (Å²) in [7, 11) is 0. The lowest BCUT2D eigenvalue weighted by atomic mass is 10.1. The van der Waals surface area contributed by atoms with Gasteiger partial charge in [-0.2, -0.15) is 5.26 Å². The van der Waals surface area contributed by atoms with Crippen LogP contribution in [-0.4, -0.2) is 5.11 Å². The molecule has 0 aliphatic rings. The van der Waals surface area contributed by atoms with Crippen molar-refractivity contribution < 1.29 is 5.11 Å². The molecule has 0 amide bonds. The molecule has 0 aliphatic heterocycles. The Kier molecular flexibility index (Phi) is 2.14. The highest BCUT2D eigenvalue weighted by atomic mass is 32.1. The Balaban J connectivity index is 2.74. The summed E-state index contributed by atoms with van der Waals surface area (Å²) in [5.41, 5.74) is 2.09. The average molecular weight is 203 g/mol. The van der Waals surface area contributed by atoms with Crippen LogP contribution >= 0.6 is 11.3 Å². The van der Waals surface area contributed by atoms with Gasteiger partial charge in [0.2, 0.25) is 0 Å². The molecule has 0 aliphatic carbocycles. The van der Waals surface area contributed by atoms with Gasteiger partial charge in [0.1, 0.15) is 5.75 Å². The lowest BCUT2D eigenvalue weighted by Crippen LogP contribution is -1.81. The van der Waals surface area contributed by atoms with Gasteiger partial charge in [0, 0.05) is 4.70 Å². The number of phenols is 1. The van der Waals surface area contributed by atoms with Gasteiger partial charge >= 0.3 is 0 Å². The van der Waals surface area contributed by atoms with Gasteiger partial charge in [-0.15, -0.1) is 11.3 Å². The number of benzene rings is 1. The fourth-order valence-corrected chi connectivity index (χ4v) is 2.72. The van der Waals surface area contributed by atoms with Crippen LogP contribution in [0, 0.1) is 18.3 Å². The fraction of sp³-hybridized carbons (Fsp3) is 0.182. The molecule has 1 aromatic carbocycles. The number of nitrogens with zero attached hydrogens (tertiary/aromatic N) is 1. The lowest BCUT2D eigenvalue weighted by molar-refractivity contribution is 0.476. The van der Waals surface area contributed by atoms with Gasteiger partial charge < -0.3 is 5.11 Å². The molecule has 3 heteroatoms. The first kappa shape index (κ1) is 9.04. The van der Waals surface area contributed by atoms with Crippen molar-refractivity contribution in [3.63, 3.8) is 0 Å². The van der Waals surface area contributed by atoms with E-state index in [2.05, 4.69) is 6.07 Å². The van der Waals surface area contributed by atoms with Gasteiger partial charge in [-0.25, -0.2) is 0 Å². The van der Waals surface area contributed by atoms with Crippen LogP contribution in [0.1, 0.15) is 11.1 Å². The lowest BCUT2D eigenvalue weighted by Gasteiger charge is -1.99. The molecule has 70 valence electrons. The van der Waals surface area contributed by atoms with Gasteiger partial charge in [-0.1, -0.05) is 0 Å². The summed E-state index contributed by atoms with van der Waals surface area (Å²) in [5, 5.41) is 21.1. The van der Waals surface area contributed by atoms with E-state index in [1.165, 1.54) is 0 Å². The topological polar surface area (TPSA) is 44.0 Å². The molecule has 0 fully saturated rings. The van der Waals surface area contributed by atoms with Crippen LogP contribution in [-0.2, 0) is 6.42 Å². The third-order valence-corrected chi connectivity index (χ3v) is 3.18. The molecule has 1 N–H and O–H groups in total. The Bertz CT molecular complexity index is 522. The number of hydrogen-bond donors (Lipinski definition) is 1. The van der Waals surface area contributed by atoms with Crippen molar-refractivity contribution >= 4 is 21.4 Å². The Labute approximate surface area is 86.0 Å². The monoisotopic (exact) mass is 203 g/mol. The third-order valence-electron chi connectivity index (χ3n) is 2.20. The first-order valence-electron chi connectivity index (χ1n) is 4.29. The highest BCUT2D eigenvalue weighted by molar-refractivity contribution is 7.17. The second kappa shape index (κ2) is 3.32. The minimum absolute atomic E-state index is 0.292. The molecule has 0 spiro atoms. The van der Waals surface area contributed by atoms with Gasteiger partial charge in [-0.05, 0) is 40.9 Å². The smallest absolute Gasteiger partial charge is 0.117 e. The maximum atomic E-state index is 9.39.